The van der Waals surface area contributed by atoms with Crippen LogP contribution in [-0.2, 0) is 11.3 Å². The van der Waals surface area contributed by atoms with E-state index in [1.165, 1.54) is 6.07 Å². The number of hydrogen-bond donors (Lipinski definition) is 2. The number of nitrogens with two attached hydrogens (primary N) is 1. The van der Waals surface area contributed by atoms with E-state index >= 15 is 0 Å². The molecule has 0 radical (unpaired) electrons. The largest absolute Gasteiger partial charge is 0.444 e. The van der Waals surface area contributed by atoms with E-state index in [1.807, 2.05) is 45.6 Å². The summed E-state index contributed by atoms with van der Waals surface area (Å²) in [5.41, 5.74) is 6.54. The lowest BCUT2D eigenvalue weighted by atomic mass is 10.1. The second kappa shape index (κ2) is 9.12. The summed E-state index contributed by atoms with van der Waals surface area (Å²) in [6.45, 7) is 11.9. The van der Waals surface area contributed by atoms with Gasteiger partial charge in [-0.05, 0) is 52.3 Å². The van der Waals surface area contributed by atoms with Crippen molar-refractivity contribution < 1.29 is 13.9 Å². The summed E-state index contributed by atoms with van der Waals surface area (Å²) in [6.07, 6.45) is -0.326. The van der Waals surface area contributed by atoms with Gasteiger partial charge in [-0.25, -0.2) is 14.2 Å². The maximum atomic E-state index is 14.6. The van der Waals surface area contributed by atoms with Crippen LogP contribution in [0.5, 0.6) is 0 Å². The highest BCUT2D eigenvalue weighted by atomic mass is 19.1. The van der Waals surface area contributed by atoms with Crippen LogP contribution in [-0.4, -0.2) is 54.8 Å². The van der Waals surface area contributed by atoms with Crippen molar-refractivity contribution in [3.63, 3.8) is 0 Å². The van der Waals surface area contributed by atoms with Crippen LogP contribution in [0.3, 0.4) is 0 Å². The normalized spacial score (nSPS) is 15.8. The van der Waals surface area contributed by atoms with E-state index in [0.29, 0.717) is 44.4 Å². The van der Waals surface area contributed by atoms with Gasteiger partial charge in [-0.15, -0.1) is 0 Å². The number of amides is 1. The predicted octanol–water partition coefficient (Wildman–Crippen LogP) is 2.70. The van der Waals surface area contributed by atoms with Crippen LogP contribution in [0.2, 0.25) is 0 Å². The Hall–Kier alpha value is -2.51. The third-order valence-electron chi connectivity index (χ3n) is 4.15. The molecule has 8 heteroatoms. The average molecular weight is 394 g/mol. The number of carbonyl (C=O) groups excluding carboxylic acids is 1. The van der Waals surface area contributed by atoms with Gasteiger partial charge >= 0.3 is 6.09 Å². The number of piperazine rings is 1. The monoisotopic (exact) mass is 393 g/mol. The van der Waals surface area contributed by atoms with E-state index in [1.54, 1.807) is 11.0 Å². The molecule has 2 rings (SSSR count). The quantitative estimate of drug-likeness (QED) is 0.607. The number of guanidine groups is 1. The van der Waals surface area contributed by atoms with Crippen LogP contribution in [0.1, 0.15) is 40.2 Å². The number of halogens is 1. The number of carbonyl (C=O) groups is 1. The molecule has 1 amide bonds. The first-order chi connectivity index (χ1) is 13.0. The van der Waals surface area contributed by atoms with E-state index < -0.39 is 5.60 Å². The summed E-state index contributed by atoms with van der Waals surface area (Å²) in [4.78, 5) is 20.0. The van der Waals surface area contributed by atoms with Crippen molar-refractivity contribution in [1.82, 2.24) is 10.2 Å². The van der Waals surface area contributed by atoms with Crippen LogP contribution in [0, 0.1) is 5.82 Å². The summed E-state index contributed by atoms with van der Waals surface area (Å²) in [5.74, 6) is 0.0477. The minimum absolute atomic E-state index is 0.196. The minimum atomic E-state index is -0.521. The summed E-state index contributed by atoms with van der Waals surface area (Å²) in [6, 6.07) is 5.30. The Kier molecular flexibility index (Phi) is 7.10. The summed E-state index contributed by atoms with van der Waals surface area (Å²) < 4.78 is 20.0. The Morgan fingerprint density at radius 3 is 2.46 bits per heavy atom. The van der Waals surface area contributed by atoms with Gasteiger partial charge in [0.25, 0.3) is 0 Å². The van der Waals surface area contributed by atoms with Crippen molar-refractivity contribution in [2.75, 3.05) is 31.1 Å². The van der Waals surface area contributed by atoms with E-state index in [9.17, 15) is 9.18 Å². The first kappa shape index (κ1) is 21.8. The van der Waals surface area contributed by atoms with Gasteiger partial charge in [0.1, 0.15) is 11.4 Å². The van der Waals surface area contributed by atoms with E-state index in [-0.39, 0.29) is 18.0 Å². The van der Waals surface area contributed by atoms with Gasteiger partial charge in [0, 0.05) is 32.2 Å². The second-order valence-electron chi connectivity index (χ2n) is 8.24. The van der Waals surface area contributed by atoms with Crippen molar-refractivity contribution in [1.29, 1.82) is 0 Å². The molecule has 1 fully saturated rings. The van der Waals surface area contributed by atoms with Gasteiger partial charge < -0.3 is 25.6 Å². The van der Waals surface area contributed by atoms with Crippen molar-refractivity contribution >= 4 is 17.7 Å². The zero-order valence-electron chi connectivity index (χ0n) is 17.5. The van der Waals surface area contributed by atoms with Gasteiger partial charge in [-0.1, -0.05) is 6.07 Å². The zero-order valence-corrected chi connectivity index (χ0v) is 17.5. The average Bonchev–Trinajstić information content (AvgIpc) is 2.58. The molecule has 28 heavy (non-hydrogen) atoms. The Morgan fingerprint density at radius 2 is 1.93 bits per heavy atom. The Labute approximate surface area is 166 Å². The fourth-order valence-corrected chi connectivity index (χ4v) is 2.88. The third kappa shape index (κ3) is 6.58. The number of hydrogen-bond acceptors (Lipinski definition) is 4. The number of anilines is 1. The minimum Gasteiger partial charge on any atom is -0.444 e. The molecule has 1 aliphatic rings. The third-order valence-corrected chi connectivity index (χ3v) is 4.15. The molecule has 1 aromatic rings. The van der Waals surface area contributed by atoms with Crippen LogP contribution in [0.15, 0.2) is 23.2 Å². The highest BCUT2D eigenvalue weighted by molar-refractivity contribution is 5.78. The molecule has 0 aromatic heterocycles. The first-order valence-corrected chi connectivity index (χ1v) is 9.63. The molecule has 0 saturated carbocycles. The van der Waals surface area contributed by atoms with Crippen LogP contribution in [0.25, 0.3) is 0 Å². The molecule has 1 saturated heterocycles. The Bertz CT molecular complexity index is 707. The highest BCUT2D eigenvalue weighted by Gasteiger charge is 2.26. The summed E-state index contributed by atoms with van der Waals surface area (Å²) in [5, 5.41) is 3.00. The number of nitrogens with one attached hydrogen (secondary N) is 1. The van der Waals surface area contributed by atoms with Crippen molar-refractivity contribution in [3.8, 4) is 0 Å². The van der Waals surface area contributed by atoms with Crippen molar-refractivity contribution in [2.45, 2.75) is 52.8 Å². The molecule has 0 bridgehead atoms. The number of nitrogens with zero attached hydrogens (tertiary/aromatic N) is 3. The van der Waals surface area contributed by atoms with Crippen LogP contribution < -0.4 is 16.0 Å². The molecule has 1 aromatic carbocycles. The molecule has 7 nitrogen and oxygen atoms in total. The van der Waals surface area contributed by atoms with Crippen molar-refractivity contribution in [2.24, 2.45) is 10.7 Å². The lowest BCUT2D eigenvalue weighted by Crippen LogP contribution is -2.50. The van der Waals surface area contributed by atoms with Crippen molar-refractivity contribution in [3.05, 3.63) is 29.6 Å². The zero-order chi connectivity index (χ0) is 20.9. The Morgan fingerprint density at radius 1 is 1.29 bits per heavy atom. The standard InChI is InChI=1S/C20H32FN5O2/c1-14(2)24-18(22)23-13-15-6-7-17(16(21)12-15)25-8-10-26(11-9-25)19(27)28-20(3,4)5/h6-7,12,14H,8-11,13H2,1-5H3,(H3,22,23,24). The SMILES string of the molecule is CC(C)NC(N)=NCc1ccc(N2CCN(C(=O)OC(C)(C)C)CC2)c(F)c1. The lowest BCUT2D eigenvalue weighted by molar-refractivity contribution is 0.0240. The van der Waals surface area contributed by atoms with Gasteiger partial charge in [0.15, 0.2) is 5.96 Å². The first-order valence-electron chi connectivity index (χ1n) is 9.63. The molecule has 0 unspecified atom stereocenters. The molecule has 1 heterocycles. The van der Waals surface area contributed by atoms with E-state index in [2.05, 4.69) is 10.3 Å². The van der Waals surface area contributed by atoms with E-state index in [4.69, 9.17) is 10.5 Å². The molecule has 0 atom stereocenters. The molecule has 1 aliphatic heterocycles. The fraction of sp³-hybridized carbons (Fsp3) is 0.600. The summed E-state index contributed by atoms with van der Waals surface area (Å²) >= 11 is 0. The highest BCUT2D eigenvalue weighted by Crippen LogP contribution is 2.23. The van der Waals surface area contributed by atoms with Gasteiger partial charge in [0.05, 0.1) is 12.2 Å². The molecular weight excluding hydrogens is 361 g/mol. The fourth-order valence-electron chi connectivity index (χ4n) is 2.88. The number of ether oxygens (including phenoxy) is 1. The van der Waals surface area contributed by atoms with Gasteiger partial charge in [0.2, 0.25) is 0 Å². The number of benzene rings is 1. The summed E-state index contributed by atoms with van der Waals surface area (Å²) in [7, 11) is 0. The van der Waals surface area contributed by atoms with Gasteiger partial charge in [-0.3, -0.25) is 0 Å². The number of aliphatic imine (C=N–C) groups is 1. The predicted molar refractivity (Wildman–Crippen MR) is 110 cm³/mol. The number of rotatable bonds is 4. The topological polar surface area (TPSA) is 83.2 Å². The Balaban J connectivity index is 1.94. The second-order valence-corrected chi connectivity index (χ2v) is 8.24. The maximum Gasteiger partial charge on any atom is 0.410 e. The lowest BCUT2D eigenvalue weighted by Gasteiger charge is -2.36. The van der Waals surface area contributed by atoms with Crippen LogP contribution >= 0.6 is 0 Å². The molecule has 0 aliphatic carbocycles. The molecule has 0 spiro atoms. The van der Waals surface area contributed by atoms with Gasteiger partial charge in [-0.2, -0.15) is 0 Å². The van der Waals surface area contributed by atoms with E-state index in [0.717, 1.165) is 5.56 Å². The smallest absolute Gasteiger partial charge is 0.410 e. The molecule has 156 valence electrons. The molecular formula is C20H32FN5O2. The van der Waals surface area contributed by atoms with Crippen LogP contribution in [0.4, 0.5) is 14.9 Å². The molecule has 3 N–H and O–H groups in total. The maximum absolute atomic E-state index is 14.6.